The molecule has 4 heterocycles. The largest absolute Gasteiger partial charge is 0.497 e. The number of benzene rings is 2. The summed E-state index contributed by atoms with van der Waals surface area (Å²) in [6.07, 6.45) is 5.96. The van der Waals surface area contributed by atoms with Gasteiger partial charge in [0.25, 0.3) is 0 Å². The topological polar surface area (TPSA) is 94.1 Å². The van der Waals surface area contributed by atoms with Gasteiger partial charge in [0, 0.05) is 39.4 Å². The van der Waals surface area contributed by atoms with Crippen LogP contribution in [-0.4, -0.2) is 80.7 Å². The van der Waals surface area contributed by atoms with Gasteiger partial charge in [-0.15, -0.1) is 0 Å². The van der Waals surface area contributed by atoms with E-state index in [2.05, 4.69) is 32.6 Å². The van der Waals surface area contributed by atoms with Gasteiger partial charge in [0.1, 0.15) is 24.1 Å². The van der Waals surface area contributed by atoms with Crippen LogP contribution >= 0.6 is 0 Å². The third kappa shape index (κ3) is 9.43. The predicted octanol–water partition coefficient (Wildman–Crippen LogP) is 7.52. The minimum Gasteiger partial charge on any atom is -0.497 e. The fourth-order valence-corrected chi connectivity index (χ4v) is 8.52. The smallest absolute Gasteiger partial charge is 0.168 e. The standard InChI is InChI=1S/C42H60O9/c1-29-18-22-42(20-9-10-25-48-42)50-37(29)30(2)26-35(43)38-31(3)39(47-28-32-12-7-6-8-13-32)40-36(49-38)19-23-41(45-5,51-40)21-11-24-46-27-33-14-16-34(44-4)17-15-33/h6-8,12-17,29-30,35-40,43H,3,9-11,18-28H2,1-2,4-5H3/t29-,30+,35+,36-,37+,38+,39-,40-,41-,42+/m1/s1. The van der Waals surface area contributed by atoms with Crippen molar-refractivity contribution in [2.75, 3.05) is 27.4 Å². The molecular formula is C42H60O9. The quantitative estimate of drug-likeness (QED) is 0.149. The molecule has 1 N–H and O–H groups in total. The minimum absolute atomic E-state index is 0.00162. The summed E-state index contributed by atoms with van der Waals surface area (Å²) in [6, 6.07) is 18.0. The number of ether oxygens (including phenoxy) is 8. The SMILES string of the molecule is C=C1[C@@H](OCc2ccccc2)[C@@H]2O[C@@](CCCOCc3ccc(OC)cc3)(OC)CC[C@H]2O[C@@H]1[C@@H](O)C[C@H](C)[C@H]1O[C@@]2(CCCCO2)CC[C@H]1C. The van der Waals surface area contributed by atoms with Crippen LogP contribution in [0.25, 0.3) is 0 Å². The Balaban J connectivity index is 1.09. The Hall–Kier alpha value is -2.34. The van der Waals surface area contributed by atoms with Gasteiger partial charge in [-0.2, -0.15) is 0 Å². The molecule has 6 rings (SSSR count). The number of aliphatic hydroxyl groups excluding tert-OH is 1. The molecule has 9 nitrogen and oxygen atoms in total. The highest BCUT2D eigenvalue weighted by atomic mass is 16.7. The van der Waals surface area contributed by atoms with Crippen LogP contribution in [0.1, 0.15) is 89.2 Å². The summed E-state index contributed by atoms with van der Waals surface area (Å²) in [7, 11) is 3.37. The summed E-state index contributed by atoms with van der Waals surface area (Å²) in [5.41, 5.74) is 2.86. The van der Waals surface area contributed by atoms with E-state index in [4.69, 9.17) is 37.9 Å². The molecule has 2 aromatic carbocycles. The molecule has 10 atom stereocenters. The van der Waals surface area contributed by atoms with Crippen molar-refractivity contribution >= 4 is 0 Å². The molecular weight excluding hydrogens is 648 g/mol. The van der Waals surface area contributed by atoms with Crippen molar-refractivity contribution in [3.63, 3.8) is 0 Å². The van der Waals surface area contributed by atoms with Gasteiger partial charge in [-0.05, 0) is 79.2 Å². The van der Waals surface area contributed by atoms with Gasteiger partial charge < -0.3 is 43.0 Å². The Kier molecular flexibility index (Phi) is 13.3. The maximum Gasteiger partial charge on any atom is 0.168 e. The van der Waals surface area contributed by atoms with Crippen molar-refractivity contribution in [3.8, 4) is 5.75 Å². The third-order valence-electron chi connectivity index (χ3n) is 11.5. The molecule has 0 amide bonds. The second-order valence-electron chi connectivity index (χ2n) is 15.2. The van der Waals surface area contributed by atoms with Crippen LogP contribution in [0, 0.1) is 11.8 Å². The zero-order chi connectivity index (χ0) is 35.8. The fraction of sp³-hybridized carbons (Fsp3) is 0.667. The molecule has 4 saturated heterocycles. The highest BCUT2D eigenvalue weighted by molar-refractivity contribution is 5.26. The normalized spacial score (nSPS) is 33.8. The monoisotopic (exact) mass is 708 g/mol. The molecule has 0 unspecified atom stereocenters. The summed E-state index contributed by atoms with van der Waals surface area (Å²) < 4.78 is 50.5. The zero-order valence-corrected chi connectivity index (χ0v) is 31.1. The van der Waals surface area contributed by atoms with Crippen LogP contribution in [0.2, 0.25) is 0 Å². The van der Waals surface area contributed by atoms with Crippen molar-refractivity contribution in [2.24, 2.45) is 11.8 Å². The molecule has 9 heteroatoms. The van der Waals surface area contributed by atoms with Crippen molar-refractivity contribution in [1.29, 1.82) is 0 Å². The summed E-state index contributed by atoms with van der Waals surface area (Å²) in [5, 5.41) is 11.8. The van der Waals surface area contributed by atoms with Crippen molar-refractivity contribution in [1.82, 2.24) is 0 Å². The van der Waals surface area contributed by atoms with E-state index >= 15 is 0 Å². The minimum atomic E-state index is -0.797. The molecule has 1 spiro atoms. The lowest BCUT2D eigenvalue weighted by molar-refractivity contribution is -0.328. The summed E-state index contributed by atoms with van der Waals surface area (Å²) in [5.74, 6) is 0.0434. The Labute approximate surface area is 304 Å². The molecule has 4 aliphatic heterocycles. The predicted molar refractivity (Wildman–Crippen MR) is 194 cm³/mol. The molecule has 0 radical (unpaired) electrons. The number of rotatable bonds is 15. The maximum atomic E-state index is 11.8. The summed E-state index contributed by atoms with van der Waals surface area (Å²) in [4.78, 5) is 0. The molecule has 4 fully saturated rings. The highest BCUT2D eigenvalue weighted by Gasteiger charge is 2.52. The van der Waals surface area contributed by atoms with E-state index in [-0.39, 0.29) is 18.1 Å². The molecule has 2 aromatic rings. The van der Waals surface area contributed by atoms with Crippen LogP contribution in [0.5, 0.6) is 5.75 Å². The molecule has 0 saturated carbocycles. The Bertz CT molecular complexity index is 1360. The van der Waals surface area contributed by atoms with E-state index in [0.29, 0.717) is 57.0 Å². The Morgan fingerprint density at radius 2 is 1.73 bits per heavy atom. The van der Waals surface area contributed by atoms with Crippen LogP contribution < -0.4 is 4.74 Å². The van der Waals surface area contributed by atoms with Crippen LogP contribution in [0.4, 0.5) is 0 Å². The Morgan fingerprint density at radius 3 is 2.45 bits per heavy atom. The second kappa shape index (κ2) is 17.7. The molecule has 51 heavy (non-hydrogen) atoms. The van der Waals surface area contributed by atoms with Gasteiger partial charge in [0.15, 0.2) is 11.6 Å². The first-order chi connectivity index (χ1) is 24.7. The van der Waals surface area contributed by atoms with Gasteiger partial charge in [0.2, 0.25) is 0 Å². The fourth-order valence-electron chi connectivity index (χ4n) is 8.52. The van der Waals surface area contributed by atoms with E-state index in [9.17, 15) is 5.11 Å². The van der Waals surface area contributed by atoms with Crippen molar-refractivity contribution in [3.05, 3.63) is 77.9 Å². The van der Waals surface area contributed by atoms with Crippen molar-refractivity contribution < 1.29 is 43.0 Å². The lowest BCUT2D eigenvalue weighted by atomic mass is 9.79. The molecule has 0 bridgehead atoms. The number of hydrogen-bond donors (Lipinski definition) is 1. The van der Waals surface area contributed by atoms with E-state index in [1.54, 1.807) is 14.2 Å². The van der Waals surface area contributed by atoms with Gasteiger partial charge >= 0.3 is 0 Å². The molecule has 0 aliphatic carbocycles. The first-order valence-corrected chi connectivity index (χ1v) is 19.2. The number of aliphatic hydroxyl groups is 1. The first-order valence-electron chi connectivity index (χ1n) is 19.2. The number of fused-ring (bicyclic) bond motifs is 1. The van der Waals surface area contributed by atoms with E-state index in [0.717, 1.165) is 62.0 Å². The summed E-state index contributed by atoms with van der Waals surface area (Å²) >= 11 is 0. The van der Waals surface area contributed by atoms with Gasteiger partial charge in [-0.1, -0.05) is 62.9 Å². The lowest BCUT2D eigenvalue weighted by Gasteiger charge is -2.51. The van der Waals surface area contributed by atoms with Gasteiger partial charge in [-0.25, -0.2) is 0 Å². The molecule has 4 aliphatic rings. The lowest BCUT2D eigenvalue weighted by Crippen LogP contribution is -2.61. The summed E-state index contributed by atoms with van der Waals surface area (Å²) in [6.45, 7) is 11.2. The van der Waals surface area contributed by atoms with Crippen LogP contribution in [0.3, 0.4) is 0 Å². The van der Waals surface area contributed by atoms with Crippen LogP contribution in [0.15, 0.2) is 66.7 Å². The zero-order valence-electron chi connectivity index (χ0n) is 31.1. The van der Waals surface area contributed by atoms with Crippen LogP contribution in [-0.2, 0) is 46.4 Å². The van der Waals surface area contributed by atoms with Gasteiger partial charge in [-0.3, -0.25) is 0 Å². The second-order valence-corrected chi connectivity index (χ2v) is 15.2. The average Bonchev–Trinajstić information content (AvgIpc) is 3.16. The maximum absolute atomic E-state index is 11.8. The average molecular weight is 709 g/mol. The van der Waals surface area contributed by atoms with Gasteiger partial charge in [0.05, 0.1) is 45.2 Å². The third-order valence-corrected chi connectivity index (χ3v) is 11.5. The van der Waals surface area contributed by atoms with E-state index < -0.39 is 36.0 Å². The number of hydrogen-bond acceptors (Lipinski definition) is 9. The molecule has 282 valence electrons. The Morgan fingerprint density at radius 1 is 0.941 bits per heavy atom. The van der Waals surface area contributed by atoms with Crippen molar-refractivity contribution in [2.45, 2.75) is 139 Å². The van der Waals surface area contributed by atoms with E-state index in [1.807, 2.05) is 42.5 Å². The molecule has 0 aromatic heterocycles. The first kappa shape index (κ1) is 38.4. The highest BCUT2D eigenvalue weighted by Crippen LogP contribution is 2.45. The number of methoxy groups -OCH3 is 2. The van der Waals surface area contributed by atoms with E-state index in [1.165, 1.54) is 0 Å².